The summed E-state index contributed by atoms with van der Waals surface area (Å²) in [7, 11) is 2.97. The van der Waals surface area contributed by atoms with Crippen LogP contribution in [0.1, 0.15) is 71.5 Å². The lowest BCUT2D eigenvalue weighted by Crippen LogP contribution is -2.58. The molecule has 35 heavy (non-hydrogen) atoms. The van der Waals surface area contributed by atoms with Crippen molar-refractivity contribution in [2.45, 2.75) is 65.9 Å². The first-order valence-electron chi connectivity index (χ1n) is 12.3. The van der Waals surface area contributed by atoms with Crippen LogP contribution in [0.5, 0.6) is 0 Å². The number of fused-ring (bicyclic) bond motifs is 5. The summed E-state index contributed by atoms with van der Waals surface area (Å²) in [4.78, 5) is 39.5. The van der Waals surface area contributed by atoms with Crippen molar-refractivity contribution in [1.29, 1.82) is 0 Å². The Bertz CT molecular complexity index is 1150. The van der Waals surface area contributed by atoms with E-state index in [1.807, 2.05) is 13.0 Å². The minimum atomic E-state index is -0.802. The molecule has 1 saturated carbocycles. The molecule has 7 heteroatoms. The zero-order chi connectivity index (χ0) is 25.3. The van der Waals surface area contributed by atoms with Crippen LogP contribution in [0, 0.1) is 28.1 Å². The third kappa shape index (κ3) is 3.12. The molecular formula is C28H34O7. The number of ether oxygens (including phenoxy) is 3. The molecule has 2 bridgehead atoms. The summed E-state index contributed by atoms with van der Waals surface area (Å²) in [6.45, 7) is 8.29. The first kappa shape index (κ1) is 23.9. The average Bonchev–Trinajstić information content (AvgIpc) is 3.34. The summed E-state index contributed by atoms with van der Waals surface area (Å²) in [5.41, 5.74) is 2.00. The number of allylic oxidation sites excluding steroid dienone is 3. The topological polar surface area (TPSA) is 92.0 Å². The van der Waals surface area contributed by atoms with Crippen LogP contribution in [-0.4, -0.2) is 31.9 Å². The Morgan fingerprint density at radius 2 is 1.89 bits per heavy atom. The van der Waals surface area contributed by atoms with Gasteiger partial charge in [-0.1, -0.05) is 33.3 Å². The molecule has 1 aliphatic heterocycles. The summed E-state index contributed by atoms with van der Waals surface area (Å²) in [5, 5.41) is 0. The lowest BCUT2D eigenvalue weighted by molar-refractivity contribution is -0.163. The van der Waals surface area contributed by atoms with E-state index < -0.39 is 22.3 Å². The number of Topliss-reactive ketones (excluding diaryl/α,β-unsaturated/α-hetero) is 1. The zero-order valence-electron chi connectivity index (χ0n) is 21.4. The van der Waals surface area contributed by atoms with Gasteiger partial charge in [0, 0.05) is 33.8 Å². The van der Waals surface area contributed by atoms with Gasteiger partial charge in [0.1, 0.15) is 11.9 Å². The molecule has 0 aromatic carbocycles. The van der Waals surface area contributed by atoms with Crippen LogP contribution in [0.25, 0.3) is 0 Å². The van der Waals surface area contributed by atoms with Gasteiger partial charge < -0.3 is 18.6 Å². The smallest absolute Gasteiger partial charge is 0.310 e. The fourth-order valence-electron chi connectivity index (χ4n) is 7.89. The third-order valence-corrected chi connectivity index (χ3v) is 9.56. The highest BCUT2D eigenvalue weighted by molar-refractivity contribution is 6.04. The molecule has 188 valence electrons. The predicted molar refractivity (Wildman–Crippen MR) is 126 cm³/mol. The molecule has 5 rings (SSSR count). The molecule has 4 aliphatic rings. The first-order valence-corrected chi connectivity index (χ1v) is 12.3. The van der Waals surface area contributed by atoms with Gasteiger partial charge >= 0.3 is 11.9 Å². The summed E-state index contributed by atoms with van der Waals surface area (Å²) in [5.74, 6) is -0.277. The normalized spacial score (nSPS) is 35.8. The lowest BCUT2D eigenvalue weighted by atomic mass is 9.43. The second-order valence-electron chi connectivity index (χ2n) is 11.5. The van der Waals surface area contributed by atoms with E-state index in [1.165, 1.54) is 7.11 Å². The van der Waals surface area contributed by atoms with E-state index in [-0.39, 0.29) is 42.4 Å². The number of cyclic esters (lactones) is 1. The molecule has 0 N–H and O–H groups in total. The number of methoxy groups -OCH3 is 2. The molecule has 2 fully saturated rings. The Kier molecular flexibility index (Phi) is 5.35. The van der Waals surface area contributed by atoms with Crippen LogP contribution in [0.15, 0.2) is 45.5 Å². The van der Waals surface area contributed by atoms with Crippen molar-refractivity contribution in [3.05, 3.63) is 46.6 Å². The van der Waals surface area contributed by atoms with Gasteiger partial charge in [0.15, 0.2) is 5.78 Å². The molecule has 7 nitrogen and oxygen atoms in total. The van der Waals surface area contributed by atoms with Crippen LogP contribution in [-0.2, 0) is 28.6 Å². The van der Waals surface area contributed by atoms with Gasteiger partial charge in [0.2, 0.25) is 0 Å². The summed E-state index contributed by atoms with van der Waals surface area (Å²) in [6, 6.07) is 1.85. The van der Waals surface area contributed by atoms with Crippen molar-refractivity contribution < 1.29 is 33.0 Å². The van der Waals surface area contributed by atoms with E-state index in [9.17, 15) is 14.4 Å². The Morgan fingerprint density at radius 3 is 2.51 bits per heavy atom. The Labute approximate surface area is 205 Å². The first-order chi connectivity index (χ1) is 16.5. The molecule has 0 spiro atoms. The van der Waals surface area contributed by atoms with Crippen molar-refractivity contribution in [1.82, 2.24) is 0 Å². The number of hydrogen-bond donors (Lipinski definition) is 0. The number of rotatable bonds is 4. The van der Waals surface area contributed by atoms with Crippen LogP contribution < -0.4 is 0 Å². The van der Waals surface area contributed by atoms with E-state index in [0.29, 0.717) is 17.8 Å². The van der Waals surface area contributed by atoms with Crippen molar-refractivity contribution >= 4 is 17.7 Å². The molecule has 2 heterocycles. The quantitative estimate of drug-likeness (QED) is 0.436. The van der Waals surface area contributed by atoms with E-state index in [2.05, 4.69) is 20.8 Å². The number of carbonyl (C=O) groups excluding carboxylic acids is 3. The SMILES string of the molecule is COC(=O)CC1C(C)(C)C(OC)=C2CC3=C4CC(=O)OC(c5ccoc5)C4(C)CCC3C1(C)C2=O. The second-order valence-corrected chi connectivity index (χ2v) is 11.5. The van der Waals surface area contributed by atoms with Gasteiger partial charge in [0.25, 0.3) is 0 Å². The molecule has 5 atom stereocenters. The minimum Gasteiger partial charge on any atom is -0.500 e. The molecule has 0 radical (unpaired) electrons. The predicted octanol–water partition coefficient (Wildman–Crippen LogP) is 5.08. The number of ketones is 1. The molecule has 1 aromatic heterocycles. The summed E-state index contributed by atoms with van der Waals surface area (Å²) >= 11 is 0. The van der Waals surface area contributed by atoms with Crippen LogP contribution >= 0.6 is 0 Å². The summed E-state index contributed by atoms with van der Waals surface area (Å²) < 4.78 is 22.1. The van der Waals surface area contributed by atoms with Crippen LogP contribution in [0.3, 0.4) is 0 Å². The van der Waals surface area contributed by atoms with Crippen molar-refractivity contribution in [2.75, 3.05) is 14.2 Å². The van der Waals surface area contributed by atoms with Crippen molar-refractivity contribution in [2.24, 2.45) is 28.1 Å². The standard InChI is InChI=1S/C28H34O7/c1-26(2)20(13-21(29)32-5)28(4)18-7-9-27(3)19(16(18)11-17(23(28)31)25(26)33-6)12-22(30)35-24(27)15-8-10-34-14-15/h8,10,14,18,20,24H,7,9,11-13H2,1-6H3. The highest BCUT2D eigenvalue weighted by Crippen LogP contribution is 2.67. The molecular weight excluding hydrogens is 448 g/mol. The molecule has 1 saturated heterocycles. The number of esters is 2. The number of carbonyl (C=O) groups is 3. The fourth-order valence-corrected chi connectivity index (χ4v) is 7.89. The maximum Gasteiger partial charge on any atom is 0.310 e. The maximum absolute atomic E-state index is 14.1. The fraction of sp³-hybridized carbons (Fsp3) is 0.607. The number of hydrogen-bond acceptors (Lipinski definition) is 7. The van der Waals surface area contributed by atoms with E-state index in [4.69, 9.17) is 18.6 Å². The molecule has 5 unspecified atom stereocenters. The van der Waals surface area contributed by atoms with Crippen LogP contribution in [0.4, 0.5) is 0 Å². The highest BCUT2D eigenvalue weighted by atomic mass is 16.5. The van der Waals surface area contributed by atoms with Crippen LogP contribution in [0.2, 0.25) is 0 Å². The minimum absolute atomic E-state index is 0.0605. The monoisotopic (exact) mass is 482 g/mol. The van der Waals surface area contributed by atoms with Crippen molar-refractivity contribution in [3.63, 3.8) is 0 Å². The molecule has 0 amide bonds. The van der Waals surface area contributed by atoms with Gasteiger partial charge in [-0.25, -0.2) is 0 Å². The molecule has 1 aromatic rings. The highest BCUT2D eigenvalue weighted by Gasteiger charge is 2.65. The van der Waals surface area contributed by atoms with Crippen molar-refractivity contribution in [3.8, 4) is 0 Å². The Morgan fingerprint density at radius 1 is 1.14 bits per heavy atom. The van der Waals surface area contributed by atoms with Gasteiger partial charge in [-0.15, -0.1) is 0 Å². The van der Waals surface area contributed by atoms with E-state index >= 15 is 0 Å². The van der Waals surface area contributed by atoms with Gasteiger partial charge in [-0.05, 0) is 36.3 Å². The van der Waals surface area contributed by atoms with Gasteiger partial charge in [0.05, 0.1) is 39.6 Å². The van der Waals surface area contributed by atoms with Gasteiger partial charge in [-0.3, -0.25) is 14.4 Å². The lowest BCUT2D eigenvalue weighted by Gasteiger charge is -2.60. The second kappa shape index (κ2) is 7.84. The number of furan rings is 1. The largest absolute Gasteiger partial charge is 0.500 e. The third-order valence-electron chi connectivity index (χ3n) is 9.56. The average molecular weight is 483 g/mol. The molecule has 3 aliphatic carbocycles. The van der Waals surface area contributed by atoms with Gasteiger partial charge in [-0.2, -0.15) is 0 Å². The van der Waals surface area contributed by atoms with E-state index in [1.54, 1.807) is 19.6 Å². The Balaban J connectivity index is 1.72. The summed E-state index contributed by atoms with van der Waals surface area (Å²) in [6.07, 6.45) is 5.14. The maximum atomic E-state index is 14.1. The zero-order valence-corrected chi connectivity index (χ0v) is 21.4. The Hall–Kier alpha value is -2.83. The van der Waals surface area contributed by atoms with E-state index in [0.717, 1.165) is 29.6 Å².